The summed E-state index contributed by atoms with van der Waals surface area (Å²) in [5, 5.41) is 8.61. The summed E-state index contributed by atoms with van der Waals surface area (Å²) in [4.78, 5) is 10.5. The Morgan fingerprint density at radius 1 is 1.23 bits per heavy atom. The molecule has 2 nitrogen and oxygen atoms in total. The van der Waals surface area contributed by atoms with Crippen LogP contribution in [-0.4, -0.2) is 11.1 Å². The molecule has 2 heteroatoms. The van der Waals surface area contributed by atoms with Gasteiger partial charge in [0.1, 0.15) is 0 Å². The minimum absolute atomic E-state index is 0.286. The van der Waals surface area contributed by atoms with Gasteiger partial charge in [0.05, 0.1) is 6.42 Å². The number of carbonyl (C=O) groups is 1. The lowest BCUT2D eigenvalue weighted by Gasteiger charge is -2.12. The lowest BCUT2D eigenvalue weighted by Crippen LogP contribution is -2.08. The molecule has 0 aromatic rings. The fourth-order valence-electron chi connectivity index (χ4n) is 1.54. The van der Waals surface area contributed by atoms with Gasteiger partial charge in [-0.3, -0.25) is 4.79 Å². The lowest BCUT2D eigenvalue weighted by molar-refractivity contribution is -0.133. The van der Waals surface area contributed by atoms with Gasteiger partial charge in [-0.25, -0.2) is 0 Å². The summed E-state index contributed by atoms with van der Waals surface area (Å²) in [5.41, 5.74) is 0. The number of aliphatic carboxylic acids is 1. The van der Waals surface area contributed by atoms with Crippen LogP contribution in [0.3, 0.4) is 0 Å². The minimum atomic E-state index is -0.769. The largest absolute Gasteiger partial charge is 0.481 e. The maximum Gasteiger partial charge on any atom is 0.307 e. The summed E-state index contributed by atoms with van der Waals surface area (Å²) in [6.07, 6.45) is 8.15. The SMILES string of the molecule is CCCCCC([CH]C(=O)O)CCC. The van der Waals surface area contributed by atoms with Gasteiger partial charge in [0.25, 0.3) is 0 Å². The van der Waals surface area contributed by atoms with E-state index < -0.39 is 5.97 Å². The van der Waals surface area contributed by atoms with Crippen molar-refractivity contribution in [3.8, 4) is 0 Å². The van der Waals surface area contributed by atoms with Crippen molar-refractivity contribution in [1.82, 2.24) is 0 Å². The van der Waals surface area contributed by atoms with Gasteiger partial charge in [-0.2, -0.15) is 0 Å². The van der Waals surface area contributed by atoms with Gasteiger partial charge in [0.2, 0.25) is 0 Å². The molecule has 0 aromatic carbocycles. The highest BCUT2D eigenvalue weighted by Crippen LogP contribution is 2.18. The van der Waals surface area contributed by atoms with Gasteiger partial charge in [0, 0.05) is 0 Å². The molecule has 77 valence electrons. The van der Waals surface area contributed by atoms with E-state index in [1.54, 1.807) is 0 Å². The number of carboxylic acid groups (broad SMARTS) is 1. The molecule has 0 saturated heterocycles. The third kappa shape index (κ3) is 7.82. The molecule has 0 saturated carbocycles. The van der Waals surface area contributed by atoms with Crippen molar-refractivity contribution >= 4 is 5.97 Å². The minimum Gasteiger partial charge on any atom is -0.481 e. The molecular formula is C11H21O2. The summed E-state index contributed by atoms with van der Waals surface area (Å²) in [6, 6.07) is 0. The predicted molar refractivity (Wildman–Crippen MR) is 54.5 cm³/mol. The van der Waals surface area contributed by atoms with E-state index in [1.807, 2.05) is 0 Å². The average molecular weight is 185 g/mol. The first kappa shape index (κ1) is 12.5. The second-order valence-corrected chi connectivity index (χ2v) is 3.55. The first-order valence-corrected chi connectivity index (χ1v) is 5.28. The highest BCUT2D eigenvalue weighted by molar-refractivity contribution is 5.76. The third-order valence-corrected chi connectivity index (χ3v) is 2.22. The fraction of sp³-hybridized carbons (Fsp3) is 0.818. The first-order valence-electron chi connectivity index (χ1n) is 5.28. The number of carboxylic acids is 1. The van der Waals surface area contributed by atoms with E-state index in [9.17, 15) is 4.79 Å². The zero-order valence-corrected chi connectivity index (χ0v) is 8.75. The molecule has 13 heavy (non-hydrogen) atoms. The van der Waals surface area contributed by atoms with E-state index in [0.717, 1.165) is 25.7 Å². The van der Waals surface area contributed by atoms with Crippen molar-refractivity contribution in [1.29, 1.82) is 0 Å². The molecule has 0 fully saturated rings. The van der Waals surface area contributed by atoms with Crippen molar-refractivity contribution in [2.75, 3.05) is 0 Å². The van der Waals surface area contributed by atoms with Crippen LogP contribution in [0.25, 0.3) is 0 Å². The third-order valence-electron chi connectivity index (χ3n) is 2.22. The Bertz CT molecular complexity index is 132. The standard InChI is InChI=1S/C11H21O2/c1-3-5-6-8-10(7-4-2)9-11(12)13/h9-10H,3-8H2,1-2H3,(H,12,13). The predicted octanol–water partition coefficient (Wildman–Crippen LogP) is 3.27. The number of unbranched alkanes of at least 4 members (excludes halogenated alkanes) is 2. The van der Waals surface area contributed by atoms with Crippen molar-refractivity contribution in [3.05, 3.63) is 6.42 Å². The van der Waals surface area contributed by atoms with Crippen molar-refractivity contribution < 1.29 is 9.90 Å². The van der Waals surface area contributed by atoms with E-state index in [4.69, 9.17) is 5.11 Å². The maximum absolute atomic E-state index is 10.5. The van der Waals surface area contributed by atoms with Crippen LogP contribution in [0, 0.1) is 12.3 Å². The molecule has 1 radical (unpaired) electrons. The Kier molecular flexibility index (Phi) is 7.76. The van der Waals surface area contributed by atoms with Gasteiger partial charge < -0.3 is 5.11 Å². The number of rotatable bonds is 8. The molecule has 1 atom stereocenters. The van der Waals surface area contributed by atoms with Crippen LogP contribution in [0.4, 0.5) is 0 Å². The van der Waals surface area contributed by atoms with E-state index >= 15 is 0 Å². The highest BCUT2D eigenvalue weighted by Gasteiger charge is 2.11. The molecule has 0 spiro atoms. The quantitative estimate of drug-likeness (QED) is 0.589. The van der Waals surface area contributed by atoms with E-state index in [1.165, 1.54) is 19.3 Å². The molecular weight excluding hydrogens is 164 g/mol. The summed E-state index contributed by atoms with van der Waals surface area (Å²) >= 11 is 0. The molecule has 0 aliphatic carbocycles. The Hall–Kier alpha value is -0.530. The summed E-state index contributed by atoms with van der Waals surface area (Å²) in [5.74, 6) is -0.482. The molecule has 0 amide bonds. The molecule has 0 bridgehead atoms. The second-order valence-electron chi connectivity index (χ2n) is 3.55. The molecule has 0 rings (SSSR count). The summed E-state index contributed by atoms with van der Waals surface area (Å²) in [6.45, 7) is 4.26. The second kappa shape index (κ2) is 8.09. The zero-order chi connectivity index (χ0) is 10.1. The van der Waals surface area contributed by atoms with Crippen LogP contribution in [0.2, 0.25) is 0 Å². The van der Waals surface area contributed by atoms with Crippen molar-refractivity contribution in [2.45, 2.75) is 52.4 Å². The van der Waals surface area contributed by atoms with Crippen LogP contribution in [0.5, 0.6) is 0 Å². The summed E-state index contributed by atoms with van der Waals surface area (Å²) < 4.78 is 0. The molecule has 0 heterocycles. The van der Waals surface area contributed by atoms with Gasteiger partial charge in [-0.1, -0.05) is 39.5 Å². The Morgan fingerprint density at radius 2 is 1.92 bits per heavy atom. The van der Waals surface area contributed by atoms with Crippen LogP contribution in [0.1, 0.15) is 52.4 Å². The van der Waals surface area contributed by atoms with Gasteiger partial charge in [-0.15, -0.1) is 0 Å². The Morgan fingerprint density at radius 3 is 2.38 bits per heavy atom. The number of hydrogen-bond acceptors (Lipinski definition) is 1. The van der Waals surface area contributed by atoms with Crippen molar-refractivity contribution in [3.63, 3.8) is 0 Å². The molecule has 1 unspecified atom stereocenters. The monoisotopic (exact) mass is 185 g/mol. The number of hydrogen-bond donors (Lipinski definition) is 1. The fourth-order valence-corrected chi connectivity index (χ4v) is 1.54. The van der Waals surface area contributed by atoms with Crippen LogP contribution in [-0.2, 0) is 4.79 Å². The normalized spacial score (nSPS) is 12.8. The highest BCUT2D eigenvalue weighted by atomic mass is 16.4. The van der Waals surface area contributed by atoms with Gasteiger partial charge >= 0.3 is 5.97 Å². The topological polar surface area (TPSA) is 37.3 Å². The average Bonchev–Trinajstić information content (AvgIpc) is 2.04. The van der Waals surface area contributed by atoms with Crippen LogP contribution >= 0.6 is 0 Å². The smallest absolute Gasteiger partial charge is 0.307 e. The first-order chi connectivity index (χ1) is 6.20. The van der Waals surface area contributed by atoms with Crippen LogP contribution < -0.4 is 0 Å². The Labute approximate surface area is 81.3 Å². The zero-order valence-electron chi connectivity index (χ0n) is 8.75. The van der Waals surface area contributed by atoms with Crippen molar-refractivity contribution in [2.24, 2.45) is 5.92 Å². The van der Waals surface area contributed by atoms with Gasteiger partial charge in [0.15, 0.2) is 0 Å². The van der Waals surface area contributed by atoms with E-state index in [2.05, 4.69) is 13.8 Å². The van der Waals surface area contributed by atoms with Gasteiger partial charge in [-0.05, 0) is 18.8 Å². The molecule has 0 aliphatic heterocycles. The van der Waals surface area contributed by atoms with Crippen LogP contribution in [0.15, 0.2) is 0 Å². The maximum atomic E-state index is 10.5. The molecule has 0 aromatic heterocycles. The van der Waals surface area contributed by atoms with E-state index in [-0.39, 0.29) is 5.92 Å². The molecule has 0 aliphatic rings. The van der Waals surface area contributed by atoms with E-state index in [0.29, 0.717) is 0 Å². The summed E-state index contributed by atoms with van der Waals surface area (Å²) in [7, 11) is 0. The lowest BCUT2D eigenvalue weighted by atomic mass is 9.93. The molecule has 1 N–H and O–H groups in total. The Balaban J connectivity index is 3.59.